The Morgan fingerprint density at radius 2 is 2.00 bits per heavy atom. The summed E-state index contributed by atoms with van der Waals surface area (Å²) < 4.78 is 0. The van der Waals surface area contributed by atoms with E-state index in [0.29, 0.717) is 5.92 Å². The lowest BCUT2D eigenvalue weighted by Gasteiger charge is -2.05. The van der Waals surface area contributed by atoms with Gasteiger partial charge in [-0.15, -0.1) is 12.4 Å². The SMILES string of the molecule is Cl.NCC(=O)c1ccccc1C1CC1. The van der Waals surface area contributed by atoms with Crippen molar-refractivity contribution in [1.29, 1.82) is 0 Å². The zero-order valence-electron chi connectivity index (χ0n) is 7.90. The number of hydrogen-bond donors (Lipinski definition) is 1. The van der Waals surface area contributed by atoms with Crippen LogP contribution in [0.1, 0.15) is 34.7 Å². The quantitative estimate of drug-likeness (QED) is 0.779. The van der Waals surface area contributed by atoms with Crippen LogP contribution in [0.15, 0.2) is 24.3 Å². The molecule has 3 heteroatoms. The Hall–Kier alpha value is -0.860. The number of benzene rings is 1. The first-order valence-electron chi connectivity index (χ1n) is 4.65. The molecule has 0 spiro atoms. The maximum Gasteiger partial charge on any atom is 0.176 e. The van der Waals surface area contributed by atoms with Crippen molar-refractivity contribution < 1.29 is 4.79 Å². The number of Topliss-reactive ketones (excluding diaryl/α,β-unsaturated/α-hetero) is 1. The molecule has 1 aromatic carbocycles. The molecule has 1 aliphatic rings. The fourth-order valence-corrected chi connectivity index (χ4v) is 1.61. The number of carbonyl (C=O) groups is 1. The number of carbonyl (C=O) groups excluding carboxylic acids is 1. The summed E-state index contributed by atoms with van der Waals surface area (Å²) in [6.45, 7) is 0.115. The van der Waals surface area contributed by atoms with Gasteiger partial charge in [0.1, 0.15) is 0 Å². The first-order chi connectivity index (χ1) is 6.33. The van der Waals surface area contributed by atoms with Crippen LogP contribution in [-0.2, 0) is 0 Å². The molecule has 1 fully saturated rings. The first kappa shape index (κ1) is 11.2. The molecule has 1 aromatic rings. The summed E-state index contributed by atoms with van der Waals surface area (Å²) in [5.74, 6) is 0.675. The number of halogens is 1. The van der Waals surface area contributed by atoms with Crippen molar-refractivity contribution in [2.24, 2.45) is 5.73 Å². The molecule has 1 aliphatic carbocycles. The van der Waals surface area contributed by atoms with Gasteiger partial charge in [-0.1, -0.05) is 24.3 Å². The molecular weight excluding hydrogens is 198 g/mol. The zero-order chi connectivity index (χ0) is 9.26. The van der Waals surface area contributed by atoms with E-state index in [-0.39, 0.29) is 24.7 Å². The Morgan fingerprint density at radius 3 is 2.57 bits per heavy atom. The van der Waals surface area contributed by atoms with E-state index in [2.05, 4.69) is 0 Å². The summed E-state index contributed by atoms with van der Waals surface area (Å²) in [7, 11) is 0. The van der Waals surface area contributed by atoms with E-state index < -0.39 is 0 Å². The van der Waals surface area contributed by atoms with Crippen molar-refractivity contribution >= 4 is 18.2 Å². The Kier molecular flexibility index (Phi) is 3.67. The van der Waals surface area contributed by atoms with Crippen LogP contribution in [-0.4, -0.2) is 12.3 Å². The van der Waals surface area contributed by atoms with E-state index in [9.17, 15) is 4.79 Å². The molecule has 14 heavy (non-hydrogen) atoms. The van der Waals surface area contributed by atoms with Crippen LogP contribution in [0.5, 0.6) is 0 Å². The maximum absolute atomic E-state index is 11.4. The van der Waals surface area contributed by atoms with Gasteiger partial charge in [0.15, 0.2) is 5.78 Å². The second-order valence-corrected chi connectivity index (χ2v) is 3.49. The van der Waals surface area contributed by atoms with Crippen LogP contribution >= 0.6 is 12.4 Å². The Balaban J connectivity index is 0.000000980. The maximum atomic E-state index is 11.4. The average Bonchev–Trinajstić information content (AvgIpc) is 3.00. The molecule has 2 N–H and O–H groups in total. The van der Waals surface area contributed by atoms with Gasteiger partial charge in [0.2, 0.25) is 0 Å². The number of ketones is 1. The highest BCUT2D eigenvalue weighted by Crippen LogP contribution is 2.41. The smallest absolute Gasteiger partial charge is 0.176 e. The highest BCUT2D eigenvalue weighted by atomic mass is 35.5. The molecule has 76 valence electrons. The first-order valence-corrected chi connectivity index (χ1v) is 4.65. The van der Waals surface area contributed by atoms with Crippen molar-refractivity contribution in [1.82, 2.24) is 0 Å². The molecule has 2 rings (SSSR count). The normalized spacial score (nSPS) is 14.6. The molecule has 2 nitrogen and oxygen atoms in total. The van der Waals surface area contributed by atoms with Crippen molar-refractivity contribution in [3.8, 4) is 0 Å². The number of rotatable bonds is 3. The lowest BCUT2D eigenvalue weighted by atomic mass is 10.00. The molecule has 0 radical (unpaired) electrons. The largest absolute Gasteiger partial charge is 0.324 e. The molecule has 0 amide bonds. The summed E-state index contributed by atoms with van der Waals surface area (Å²) in [5.41, 5.74) is 7.36. The highest BCUT2D eigenvalue weighted by molar-refractivity contribution is 5.99. The van der Waals surface area contributed by atoms with Gasteiger partial charge in [0.05, 0.1) is 6.54 Å². The minimum Gasteiger partial charge on any atom is -0.324 e. The number of nitrogens with two attached hydrogens (primary N) is 1. The van der Waals surface area contributed by atoms with Gasteiger partial charge in [-0.3, -0.25) is 4.79 Å². The van der Waals surface area contributed by atoms with Gasteiger partial charge in [0, 0.05) is 5.56 Å². The summed E-state index contributed by atoms with van der Waals surface area (Å²) in [6.07, 6.45) is 2.43. The topological polar surface area (TPSA) is 43.1 Å². The second-order valence-electron chi connectivity index (χ2n) is 3.49. The Bertz CT molecular complexity index is 334. The van der Waals surface area contributed by atoms with Crippen molar-refractivity contribution in [2.75, 3.05) is 6.54 Å². The molecule has 0 atom stereocenters. The molecule has 0 aromatic heterocycles. The summed E-state index contributed by atoms with van der Waals surface area (Å²) in [5, 5.41) is 0. The van der Waals surface area contributed by atoms with Crippen LogP contribution in [0.25, 0.3) is 0 Å². The van der Waals surface area contributed by atoms with E-state index in [1.807, 2.05) is 24.3 Å². The number of hydrogen-bond acceptors (Lipinski definition) is 2. The van der Waals surface area contributed by atoms with Gasteiger partial charge < -0.3 is 5.73 Å². The van der Waals surface area contributed by atoms with E-state index in [0.717, 1.165) is 5.56 Å². The molecule has 1 saturated carbocycles. The fraction of sp³-hybridized carbons (Fsp3) is 0.364. The predicted molar refractivity (Wildman–Crippen MR) is 59.0 cm³/mol. The highest BCUT2D eigenvalue weighted by Gasteiger charge is 2.26. The van der Waals surface area contributed by atoms with Crippen molar-refractivity contribution in [3.05, 3.63) is 35.4 Å². The van der Waals surface area contributed by atoms with Crippen molar-refractivity contribution in [3.63, 3.8) is 0 Å². The van der Waals surface area contributed by atoms with Crippen LogP contribution in [0, 0.1) is 0 Å². The third-order valence-electron chi connectivity index (χ3n) is 2.46. The summed E-state index contributed by atoms with van der Waals surface area (Å²) >= 11 is 0. The Morgan fingerprint density at radius 1 is 1.36 bits per heavy atom. The molecule has 0 bridgehead atoms. The van der Waals surface area contributed by atoms with E-state index in [1.54, 1.807) is 0 Å². The third-order valence-corrected chi connectivity index (χ3v) is 2.46. The third kappa shape index (κ3) is 2.14. The lowest BCUT2D eigenvalue weighted by molar-refractivity contribution is 0.100. The Labute approximate surface area is 89.9 Å². The van der Waals surface area contributed by atoms with E-state index in [1.165, 1.54) is 18.4 Å². The van der Waals surface area contributed by atoms with Crippen LogP contribution in [0.3, 0.4) is 0 Å². The van der Waals surface area contributed by atoms with Gasteiger partial charge >= 0.3 is 0 Å². The standard InChI is InChI=1S/C11H13NO.ClH/c12-7-11(13)10-4-2-1-3-9(10)8-5-6-8;/h1-4,8H,5-7,12H2;1H. The van der Waals surface area contributed by atoms with Crippen LogP contribution in [0.4, 0.5) is 0 Å². The van der Waals surface area contributed by atoms with E-state index in [4.69, 9.17) is 5.73 Å². The molecule has 0 saturated heterocycles. The van der Waals surface area contributed by atoms with Gasteiger partial charge in [-0.25, -0.2) is 0 Å². The molecular formula is C11H14ClNO. The van der Waals surface area contributed by atoms with E-state index >= 15 is 0 Å². The van der Waals surface area contributed by atoms with Gasteiger partial charge in [-0.2, -0.15) is 0 Å². The molecule has 0 heterocycles. The van der Waals surface area contributed by atoms with Gasteiger partial charge in [0.25, 0.3) is 0 Å². The van der Waals surface area contributed by atoms with Crippen LogP contribution in [0.2, 0.25) is 0 Å². The summed E-state index contributed by atoms with van der Waals surface area (Å²) in [6, 6.07) is 7.80. The average molecular weight is 212 g/mol. The second kappa shape index (κ2) is 4.58. The monoisotopic (exact) mass is 211 g/mol. The van der Waals surface area contributed by atoms with Crippen molar-refractivity contribution in [2.45, 2.75) is 18.8 Å². The minimum atomic E-state index is 0. The van der Waals surface area contributed by atoms with Crippen LogP contribution < -0.4 is 5.73 Å². The zero-order valence-corrected chi connectivity index (χ0v) is 8.72. The minimum absolute atomic E-state index is 0. The fourth-order valence-electron chi connectivity index (χ4n) is 1.61. The summed E-state index contributed by atoms with van der Waals surface area (Å²) in [4.78, 5) is 11.4. The lowest BCUT2D eigenvalue weighted by Crippen LogP contribution is -2.15. The molecule has 0 unspecified atom stereocenters. The predicted octanol–water partition coefficient (Wildman–Crippen LogP) is 2.13. The molecule has 0 aliphatic heterocycles. The van der Waals surface area contributed by atoms with Gasteiger partial charge in [-0.05, 0) is 24.3 Å².